The average Bonchev–Trinajstić information content (AvgIpc) is 3.16. The van der Waals surface area contributed by atoms with Crippen molar-refractivity contribution in [2.75, 3.05) is 37.7 Å². The lowest BCUT2D eigenvalue weighted by atomic mass is 10.0. The zero-order chi connectivity index (χ0) is 20.5. The number of fused-ring (bicyclic) bond motifs is 3. The van der Waals surface area contributed by atoms with Gasteiger partial charge in [-0.1, -0.05) is 12.1 Å². The summed E-state index contributed by atoms with van der Waals surface area (Å²) < 4.78 is 5.44. The van der Waals surface area contributed by atoms with Crippen LogP contribution in [0.2, 0.25) is 0 Å². The molecule has 3 aromatic rings. The van der Waals surface area contributed by atoms with Gasteiger partial charge in [-0.3, -0.25) is 14.9 Å². The van der Waals surface area contributed by atoms with E-state index in [2.05, 4.69) is 43.0 Å². The number of nitrogens with one attached hydrogen (secondary N) is 2. The van der Waals surface area contributed by atoms with Crippen LogP contribution in [0, 0.1) is 0 Å². The second-order valence-electron chi connectivity index (χ2n) is 7.73. The fourth-order valence-corrected chi connectivity index (χ4v) is 4.25. The quantitative estimate of drug-likeness (QED) is 0.443. The lowest BCUT2D eigenvalue weighted by molar-refractivity contribution is 0.0342. The zero-order valence-corrected chi connectivity index (χ0v) is 16.6. The van der Waals surface area contributed by atoms with Crippen LogP contribution in [-0.2, 0) is 24.2 Å². The molecule has 2 aromatic heterocycles. The van der Waals surface area contributed by atoms with Crippen LogP contribution in [-0.4, -0.2) is 63.8 Å². The molecule has 9 nitrogen and oxygen atoms in total. The maximum Gasteiger partial charge on any atom is 0.277 e. The maximum absolute atomic E-state index is 11.4. The van der Waals surface area contributed by atoms with Crippen LogP contribution in [0.4, 0.5) is 5.95 Å². The first kappa shape index (κ1) is 19.0. The minimum Gasteiger partial charge on any atom is -0.379 e. The highest BCUT2D eigenvalue weighted by atomic mass is 16.5. The topological polar surface area (TPSA) is 107 Å². The molecule has 156 valence electrons. The number of aromatic nitrogens is 3. The Balaban J connectivity index is 1.34. The minimum atomic E-state index is -0.619. The van der Waals surface area contributed by atoms with Gasteiger partial charge in [-0.15, -0.1) is 0 Å². The van der Waals surface area contributed by atoms with Crippen molar-refractivity contribution in [2.24, 2.45) is 0 Å². The molecule has 2 aliphatic rings. The van der Waals surface area contributed by atoms with Crippen LogP contribution < -0.4 is 10.4 Å². The van der Waals surface area contributed by atoms with Crippen molar-refractivity contribution in [3.63, 3.8) is 0 Å². The largest absolute Gasteiger partial charge is 0.379 e. The summed E-state index contributed by atoms with van der Waals surface area (Å²) in [6, 6.07) is 6.72. The van der Waals surface area contributed by atoms with Gasteiger partial charge < -0.3 is 14.6 Å². The molecule has 2 aliphatic heterocycles. The predicted octanol–water partition coefficient (Wildman–Crippen LogP) is 1.47. The van der Waals surface area contributed by atoms with Gasteiger partial charge in [0.2, 0.25) is 5.95 Å². The molecule has 0 saturated carbocycles. The summed E-state index contributed by atoms with van der Waals surface area (Å²) in [5.74, 6) is -0.0483. The molecule has 0 bridgehead atoms. The number of benzene rings is 1. The molecule has 5 rings (SSSR count). The number of H-pyrrole nitrogens is 1. The van der Waals surface area contributed by atoms with Gasteiger partial charge >= 0.3 is 0 Å². The number of anilines is 1. The number of hydrogen-bond donors (Lipinski definition) is 3. The van der Waals surface area contributed by atoms with Gasteiger partial charge in [0, 0.05) is 55.2 Å². The third kappa shape index (κ3) is 3.62. The van der Waals surface area contributed by atoms with Crippen LogP contribution in [0.3, 0.4) is 0 Å². The molecular weight excluding hydrogens is 384 g/mol. The third-order valence-electron chi connectivity index (χ3n) is 5.83. The second kappa shape index (κ2) is 8.02. The average molecular weight is 408 g/mol. The van der Waals surface area contributed by atoms with Crippen LogP contribution in [0.5, 0.6) is 0 Å². The second-order valence-corrected chi connectivity index (χ2v) is 7.73. The molecule has 0 atom stereocenters. The van der Waals surface area contributed by atoms with Gasteiger partial charge in [-0.25, -0.2) is 15.4 Å². The van der Waals surface area contributed by atoms with Gasteiger partial charge in [0.1, 0.15) is 0 Å². The lowest BCUT2D eigenvalue weighted by Gasteiger charge is -2.27. The smallest absolute Gasteiger partial charge is 0.277 e. The Labute approximate surface area is 173 Å². The molecule has 1 fully saturated rings. The SMILES string of the molecule is O=C(NO)c1cnc(N2CCc3c([nH]c4cc(CN5CCOCC5)ccc34)C2)nc1. The first-order chi connectivity index (χ1) is 14.7. The minimum absolute atomic E-state index is 0.220. The number of nitrogens with zero attached hydrogens (tertiary/aromatic N) is 4. The number of hydroxylamine groups is 1. The number of carbonyl (C=O) groups is 1. The number of rotatable bonds is 4. The monoisotopic (exact) mass is 408 g/mol. The van der Waals surface area contributed by atoms with Gasteiger partial charge in [-0.05, 0) is 23.6 Å². The Morgan fingerprint density at radius 2 is 2.00 bits per heavy atom. The van der Waals surface area contributed by atoms with E-state index in [1.165, 1.54) is 40.1 Å². The van der Waals surface area contributed by atoms with E-state index < -0.39 is 5.91 Å². The van der Waals surface area contributed by atoms with Crippen LogP contribution in [0.1, 0.15) is 27.2 Å². The molecule has 0 spiro atoms. The molecule has 0 unspecified atom stereocenters. The Morgan fingerprint density at radius 3 is 2.77 bits per heavy atom. The van der Waals surface area contributed by atoms with Crippen molar-refractivity contribution >= 4 is 22.8 Å². The van der Waals surface area contributed by atoms with E-state index in [9.17, 15) is 4.79 Å². The summed E-state index contributed by atoms with van der Waals surface area (Å²) in [4.78, 5) is 28.1. The number of aromatic amines is 1. The summed E-state index contributed by atoms with van der Waals surface area (Å²) in [5.41, 5.74) is 6.83. The Hall–Kier alpha value is -3.01. The van der Waals surface area contributed by atoms with E-state index in [1.807, 2.05) is 0 Å². The zero-order valence-electron chi connectivity index (χ0n) is 16.6. The summed E-state index contributed by atoms with van der Waals surface area (Å²) in [5, 5.41) is 10.0. The van der Waals surface area contributed by atoms with Gasteiger partial charge in [0.05, 0.1) is 25.3 Å². The number of amides is 1. The first-order valence-corrected chi connectivity index (χ1v) is 10.1. The van der Waals surface area contributed by atoms with Gasteiger partial charge in [0.25, 0.3) is 5.91 Å². The van der Waals surface area contributed by atoms with E-state index in [1.54, 1.807) is 5.48 Å². The predicted molar refractivity (Wildman–Crippen MR) is 110 cm³/mol. The van der Waals surface area contributed by atoms with E-state index >= 15 is 0 Å². The van der Waals surface area contributed by atoms with Crippen molar-refractivity contribution in [1.29, 1.82) is 0 Å². The van der Waals surface area contributed by atoms with Crippen LogP contribution >= 0.6 is 0 Å². The Kier molecular flexibility index (Phi) is 5.07. The molecule has 1 aromatic carbocycles. The third-order valence-corrected chi connectivity index (χ3v) is 5.83. The normalized spacial score (nSPS) is 17.2. The van der Waals surface area contributed by atoms with Gasteiger partial charge in [0.15, 0.2) is 0 Å². The van der Waals surface area contributed by atoms with E-state index in [-0.39, 0.29) is 5.56 Å². The fraction of sp³-hybridized carbons (Fsp3) is 0.381. The highest BCUT2D eigenvalue weighted by Gasteiger charge is 2.23. The number of carbonyl (C=O) groups excluding carboxylic acids is 1. The molecule has 4 heterocycles. The molecule has 30 heavy (non-hydrogen) atoms. The van der Waals surface area contributed by atoms with E-state index in [0.717, 1.165) is 45.8 Å². The van der Waals surface area contributed by atoms with Crippen molar-refractivity contribution in [2.45, 2.75) is 19.5 Å². The number of hydrogen-bond acceptors (Lipinski definition) is 7. The summed E-state index contributed by atoms with van der Waals surface area (Å²) >= 11 is 0. The standard InChI is InChI=1S/C21H24N6O3/c28-20(25-29)15-10-22-21(23-11-15)27-4-3-17-16-2-1-14(9-18(16)24-19(17)13-27)12-26-5-7-30-8-6-26/h1-2,9-11,24,29H,3-8,12-13H2,(H,25,28). The fourth-order valence-electron chi connectivity index (χ4n) is 4.25. The summed E-state index contributed by atoms with van der Waals surface area (Å²) in [6.07, 6.45) is 3.75. The number of ether oxygens (including phenoxy) is 1. The number of morpholine rings is 1. The lowest BCUT2D eigenvalue weighted by Crippen LogP contribution is -2.35. The van der Waals surface area contributed by atoms with Crippen molar-refractivity contribution in [1.82, 2.24) is 25.3 Å². The molecule has 0 radical (unpaired) electrons. The first-order valence-electron chi connectivity index (χ1n) is 10.1. The highest BCUT2D eigenvalue weighted by Crippen LogP contribution is 2.29. The molecule has 9 heteroatoms. The van der Waals surface area contributed by atoms with Crippen molar-refractivity contribution in [3.05, 3.63) is 53.0 Å². The molecule has 3 N–H and O–H groups in total. The maximum atomic E-state index is 11.4. The molecule has 0 aliphatic carbocycles. The Morgan fingerprint density at radius 1 is 1.20 bits per heavy atom. The van der Waals surface area contributed by atoms with E-state index in [0.29, 0.717) is 12.5 Å². The summed E-state index contributed by atoms with van der Waals surface area (Å²) in [7, 11) is 0. The van der Waals surface area contributed by atoms with Crippen molar-refractivity contribution in [3.8, 4) is 0 Å². The van der Waals surface area contributed by atoms with E-state index in [4.69, 9.17) is 9.94 Å². The van der Waals surface area contributed by atoms with Gasteiger partial charge in [-0.2, -0.15) is 0 Å². The molecule has 1 amide bonds. The molecule has 1 saturated heterocycles. The van der Waals surface area contributed by atoms with Crippen molar-refractivity contribution < 1.29 is 14.7 Å². The highest BCUT2D eigenvalue weighted by molar-refractivity contribution is 5.92. The Bertz CT molecular complexity index is 1060. The molecular formula is C21H24N6O3. The van der Waals surface area contributed by atoms with Crippen LogP contribution in [0.25, 0.3) is 10.9 Å². The van der Waals surface area contributed by atoms with Crippen LogP contribution in [0.15, 0.2) is 30.6 Å². The summed E-state index contributed by atoms with van der Waals surface area (Å²) in [6.45, 7) is 6.01.